The number of anilines is 1. The van der Waals surface area contributed by atoms with Crippen LogP contribution in [0.4, 0.5) is 5.82 Å². The lowest BCUT2D eigenvalue weighted by Gasteiger charge is -2.06. The third kappa shape index (κ3) is 1.81. The van der Waals surface area contributed by atoms with Crippen molar-refractivity contribution < 1.29 is 0 Å². The summed E-state index contributed by atoms with van der Waals surface area (Å²) in [6.07, 6.45) is 1.74. The van der Waals surface area contributed by atoms with Gasteiger partial charge in [-0.1, -0.05) is 38.1 Å². The summed E-state index contributed by atoms with van der Waals surface area (Å²) in [5, 5.41) is 0. The van der Waals surface area contributed by atoms with Crippen molar-refractivity contribution in [1.82, 2.24) is 9.55 Å². The van der Waals surface area contributed by atoms with E-state index in [-0.39, 0.29) is 0 Å². The smallest absolute Gasteiger partial charge is 0.131 e. The van der Waals surface area contributed by atoms with Crippen LogP contribution in [0.2, 0.25) is 0 Å². The summed E-state index contributed by atoms with van der Waals surface area (Å²) in [5.74, 6) is 1.26. The molecule has 0 radical (unpaired) electrons. The van der Waals surface area contributed by atoms with E-state index in [1.54, 1.807) is 6.33 Å². The molecule has 0 aliphatic heterocycles. The van der Waals surface area contributed by atoms with Crippen LogP contribution in [0.5, 0.6) is 0 Å². The first-order valence-corrected chi connectivity index (χ1v) is 5.46. The largest absolute Gasteiger partial charge is 0.383 e. The van der Waals surface area contributed by atoms with E-state index in [0.29, 0.717) is 11.7 Å². The highest BCUT2D eigenvalue weighted by Gasteiger charge is 2.08. The minimum atomic E-state index is 0.551. The van der Waals surface area contributed by atoms with E-state index in [1.807, 2.05) is 11.6 Å². The molecule has 0 bridgehead atoms. The Bertz CT molecular complexity index is 480. The number of aromatic nitrogens is 2. The Kier molecular flexibility index (Phi) is 2.69. The van der Waals surface area contributed by atoms with Gasteiger partial charge in [-0.3, -0.25) is 0 Å². The number of nitrogens with zero attached hydrogens (tertiary/aromatic N) is 2. The predicted molar refractivity (Wildman–Crippen MR) is 67.1 cm³/mol. The second kappa shape index (κ2) is 4.00. The molecule has 0 aliphatic rings. The molecule has 0 saturated carbocycles. The van der Waals surface area contributed by atoms with Gasteiger partial charge in [-0.15, -0.1) is 0 Å². The van der Waals surface area contributed by atoms with Crippen LogP contribution in [0, 0.1) is 0 Å². The summed E-state index contributed by atoms with van der Waals surface area (Å²) in [4.78, 5) is 4.30. The van der Waals surface area contributed by atoms with Crippen molar-refractivity contribution in [2.75, 3.05) is 5.73 Å². The number of aryl methyl sites for hydroxylation is 1. The number of hydrogen-bond acceptors (Lipinski definition) is 2. The Hall–Kier alpha value is -1.77. The summed E-state index contributed by atoms with van der Waals surface area (Å²) in [6, 6.07) is 8.42. The monoisotopic (exact) mass is 215 g/mol. The van der Waals surface area contributed by atoms with Crippen molar-refractivity contribution in [3.05, 3.63) is 36.2 Å². The molecule has 1 heterocycles. The number of nitrogens with two attached hydrogens (primary N) is 1. The Balaban J connectivity index is 2.38. The minimum Gasteiger partial charge on any atom is -0.383 e. The molecule has 0 spiro atoms. The molecule has 16 heavy (non-hydrogen) atoms. The van der Waals surface area contributed by atoms with Crippen LogP contribution in [0.25, 0.3) is 11.3 Å². The van der Waals surface area contributed by atoms with Crippen LogP contribution < -0.4 is 5.73 Å². The summed E-state index contributed by atoms with van der Waals surface area (Å²) in [7, 11) is 1.90. The van der Waals surface area contributed by atoms with Gasteiger partial charge in [0.05, 0.1) is 6.33 Å². The van der Waals surface area contributed by atoms with Crippen LogP contribution in [0.15, 0.2) is 30.6 Å². The number of benzene rings is 1. The third-order valence-corrected chi connectivity index (χ3v) is 2.83. The van der Waals surface area contributed by atoms with Gasteiger partial charge in [0, 0.05) is 12.6 Å². The first-order chi connectivity index (χ1) is 7.59. The van der Waals surface area contributed by atoms with Crippen molar-refractivity contribution in [2.24, 2.45) is 7.05 Å². The van der Waals surface area contributed by atoms with Crippen molar-refractivity contribution in [3.63, 3.8) is 0 Å². The zero-order chi connectivity index (χ0) is 11.7. The van der Waals surface area contributed by atoms with Gasteiger partial charge in [-0.25, -0.2) is 4.98 Å². The van der Waals surface area contributed by atoms with Gasteiger partial charge in [-0.05, 0) is 11.5 Å². The van der Waals surface area contributed by atoms with E-state index in [0.717, 1.165) is 11.3 Å². The number of imidazole rings is 1. The second-order valence-electron chi connectivity index (χ2n) is 4.37. The van der Waals surface area contributed by atoms with Gasteiger partial charge >= 0.3 is 0 Å². The molecule has 84 valence electrons. The average Bonchev–Trinajstić information content (AvgIpc) is 2.60. The molecule has 3 heteroatoms. The summed E-state index contributed by atoms with van der Waals surface area (Å²) in [6.45, 7) is 4.37. The quantitative estimate of drug-likeness (QED) is 0.837. The molecule has 2 rings (SSSR count). The van der Waals surface area contributed by atoms with E-state index < -0.39 is 0 Å². The third-order valence-electron chi connectivity index (χ3n) is 2.83. The fourth-order valence-electron chi connectivity index (χ4n) is 1.69. The minimum absolute atomic E-state index is 0.551. The molecule has 0 unspecified atom stereocenters. The molecule has 0 fully saturated rings. The first-order valence-electron chi connectivity index (χ1n) is 5.46. The number of nitrogen functional groups attached to an aromatic ring is 1. The van der Waals surface area contributed by atoms with Crippen LogP contribution in [0.3, 0.4) is 0 Å². The predicted octanol–water partition coefficient (Wildman–Crippen LogP) is 2.79. The molecule has 0 aliphatic carbocycles. The van der Waals surface area contributed by atoms with Gasteiger partial charge in [0.15, 0.2) is 0 Å². The highest BCUT2D eigenvalue weighted by atomic mass is 15.1. The van der Waals surface area contributed by atoms with Gasteiger partial charge < -0.3 is 10.3 Å². The van der Waals surface area contributed by atoms with Crippen molar-refractivity contribution in [1.29, 1.82) is 0 Å². The zero-order valence-electron chi connectivity index (χ0n) is 9.94. The fourth-order valence-corrected chi connectivity index (χ4v) is 1.69. The molecule has 2 N–H and O–H groups in total. The van der Waals surface area contributed by atoms with Gasteiger partial charge in [0.25, 0.3) is 0 Å². The Labute approximate surface area is 95.9 Å². The van der Waals surface area contributed by atoms with Crippen LogP contribution in [0.1, 0.15) is 25.3 Å². The highest BCUT2D eigenvalue weighted by molar-refractivity contribution is 5.70. The number of rotatable bonds is 2. The lowest BCUT2D eigenvalue weighted by molar-refractivity contribution is 0.867. The topological polar surface area (TPSA) is 43.8 Å². The Morgan fingerprint density at radius 2 is 1.81 bits per heavy atom. The van der Waals surface area contributed by atoms with Crippen molar-refractivity contribution in [3.8, 4) is 11.3 Å². The summed E-state index contributed by atoms with van der Waals surface area (Å²) in [5.41, 5.74) is 9.20. The van der Waals surface area contributed by atoms with Crippen LogP contribution >= 0.6 is 0 Å². The molecule has 0 amide bonds. The maximum absolute atomic E-state index is 5.93. The lowest BCUT2D eigenvalue weighted by Crippen LogP contribution is -1.96. The standard InChI is InChI=1S/C13H17N3/c1-9(2)10-4-6-11(7-5-10)12-13(14)16(3)8-15-12/h4-9H,14H2,1-3H3. The highest BCUT2D eigenvalue weighted by Crippen LogP contribution is 2.25. The average molecular weight is 215 g/mol. The molecule has 2 aromatic rings. The van der Waals surface area contributed by atoms with Gasteiger partial charge in [0.2, 0.25) is 0 Å². The van der Waals surface area contributed by atoms with Gasteiger partial charge in [-0.2, -0.15) is 0 Å². The molecule has 3 nitrogen and oxygen atoms in total. The maximum Gasteiger partial charge on any atom is 0.131 e. The number of hydrogen-bond donors (Lipinski definition) is 1. The van der Waals surface area contributed by atoms with E-state index >= 15 is 0 Å². The molecule has 1 aromatic heterocycles. The molecular weight excluding hydrogens is 198 g/mol. The van der Waals surface area contributed by atoms with Crippen molar-refractivity contribution in [2.45, 2.75) is 19.8 Å². The molecule has 0 atom stereocenters. The molecular formula is C13H17N3. The SMILES string of the molecule is CC(C)c1ccc(-c2ncn(C)c2N)cc1. The van der Waals surface area contributed by atoms with Gasteiger partial charge in [0.1, 0.15) is 11.5 Å². The van der Waals surface area contributed by atoms with Crippen LogP contribution in [-0.4, -0.2) is 9.55 Å². The second-order valence-corrected chi connectivity index (χ2v) is 4.37. The Morgan fingerprint density at radius 3 is 2.25 bits per heavy atom. The fraction of sp³-hybridized carbons (Fsp3) is 0.308. The molecule has 0 saturated heterocycles. The summed E-state index contributed by atoms with van der Waals surface area (Å²) < 4.78 is 1.83. The first kappa shape index (κ1) is 10.7. The van der Waals surface area contributed by atoms with E-state index in [9.17, 15) is 0 Å². The maximum atomic E-state index is 5.93. The van der Waals surface area contributed by atoms with Crippen molar-refractivity contribution >= 4 is 5.82 Å². The Morgan fingerprint density at radius 1 is 1.19 bits per heavy atom. The molecule has 1 aromatic carbocycles. The zero-order valence-corrected chi connectivity index (χ0v) is 9.94. The normalized spacial score (nSPS) is 11.0. The lowest BCUT2D eigenvalue weighted by atomic mass is 10.0. The van der Waals surface area contributed by atoms with E-state index in [1.165, 1.54) is 5.56 Å². The van der Waals surface area contributed by atoms with E-state index in [2.05, 4.69) is 43.1 Å². The summed E-state index contributed by atoms with van der Waals surface area (Å²) >= 11 is 0. The van der Waals surface area contributed by atoms with Crippen LogP contribution in [-0.2, 0) is 7.05 Å². The van der Waals surface area contributed by atoms with E-state index in [4.69, 9.17) is 5.73 Å².